The van der Waals surface area contributed by atoms with Crippen molar-refractivity contribution in [2.45, 2.75) is 26.7 Å². The van der Waals surface area contributed by atoms with Crippen molar-refractivity contribution in [3.05, 3.63) is 36.0 Å². The third-order valence-corrected chi connectivity index (χ3v) is 4.12. The number of hydrogen-bond donors (Lipinski definition) is 0. The number of aryl methyl sites for hydroxylation is 1. The van der Waals surface area contributed by atoms with Gasteiger partial charge in [-0.25, -0.2) is 0 Å². The van der Waals surface area contributed by atoms with Crippen molar-refractivity contribution in [1.82, 2.24) is 4.57 Å². The second-order valence-corrected chi connectivity index (χ2v) is 5.78. The first-order valence-corrected chi connectivity index (χ1v) is 8.30. The molecule has 2 rings (SSSR count). The molecule has 0 saturated carbocycles. The molecule has 0 spiro atoms. The van der Waals surface area contributed by atoms with Crippen LogP contribution in [0.3, 0.4) is 0 Å². The maximum atomic E-state index is 12.4. The van der Waals surface area contributed by atoms with Gasteiger partial charge in [0.05, 0.1) is 19.1 Å². The molecule has 0 aliphatic heterocycles. The average molecular weight is 345 g/mol. The van der Waals surface area contributed by atoms with E-state index in [1.54, 1.807) is 20.0 Å². The van der Waals surface area contributed by atoms with Gasteiger partial charge in [0.1, 0.15) is 5.78 Å². The van der Waals surface area contributed by atoms with Gasteiger partial charge in [0, 0.05) is 24.1 Å². The van der Waals surface area contributed by atoms with Crippen LogP contribution in [0.15, 0.2) is 30.5 Å². The molecule has 6 heteroatoms. The molecule has 2 aromatic rings. The fourth-order valence-electron chi connectivity index (χ4n) is 3.09. The second kappa shape index (κ2) is 7.96. The van der Waals surface area contributed by atoms with Gasteiger partial charge < -0.3 is 14.0 Å². The van der Waals surface area contributed by atoms with Crippen LogP contribution in [-0.4, -0.2) is 35.5 Å². The molecule has 0 unspecified atom stereocenters. The van der Waals surface area contributed by atoms with Gasteiger partial charge in [0.2, 0.25) is 0 Å². The topological polar surface area (TPSA) is 74.6 Å². The SMILES string of the molecule is CCOC(=O)C(C(=O)OCC)[C@@H](C(C)=O)c1cn(C)c2ccccc12. The van der Waals surface area contributed by atoms with Crippen LogP contribution in [0.1, 0.15) is 32.3 Å². The number of esters is 2. The minimum Gasteiger partial charge on any atom is -0.465 e. The number of carbonyl (C=O) groups excluding carboxylic acids is 3. The molecule has 1 aromatic heterocycles. The van der Waals surface area contributed by atoms with Crippen LogP contribution in [0.2, 0.25) is 0 Å². The predicted octanol–water partition coefficient (Wildman–Crippen LogP) is 2.59. The molecule has 6 nitrogen and oxygen atoms in total. The Labute approximate surface area is 146 Å². The molecule has 0 aliphatic carbocycles. The number of ketones is 1. The maximum Gasteiger partial charge on any atom is 0.321 e. The fraction of sp³-hybridized carbons (Fsp3) is 0.421. The highest BCUT2D eigenvalue weighted by Gasteiger charge is 2.42. The van der Waals surface area contributed by atoms with E-state index in [-0.39, 0.29) is 19.0 Å². The third kappa shape index (κ3) is 3.73. The molecule has 1 heterocycles. The highest BCUT2D eigenvalue weighted by molar-refractivity contribution is 6.04. The van der Waals surface area contributed by atoms with Crippen molar-refractivity contribution in [2.24, 2.45) is 13.0 Å². The normalized spacial score (nSPS) is 12.2. The molecule has 0 N–H and O–H groups in total. The summed E-state index contributed by atoms with van der Waals surface area (Å²) in [6.45, 7) is 4.92. The molecule has 134 valence electrons. The van der Waals surface area contributed by atoms with E-state index in [9.17, 15) is 14.4 Å². The smallest absolute Gasteiger partial charge is 0.321 e. The number of ether oxygens (including phenoxy) is 2. The predicted molar refractivity (Wildman–Crippen MR) is 93.1 cm³/mol. The lowest BCUT2D eigenvalue weighted by Crippen LogP contribution is -2.36. The molecular weight excluding hydrogens is 322 g/mol. The first kappa shape index (κ1) is 18.7. The Morgan fingerprint density at radius 2 is 1.60 bits per heavy atom. The number of fused-ring (bicyclic) bond motifs is 1. The van der Waals surface area contributed by atoms with Gasteiger partial charge in [-0.15, -0.1) is 0 Å². The van der Waals surface area contributed by atoms with Gasteiger partial charge in [-0.3, -0.25) is 14.4 Å². The first-order valence-electron chi connectivity index (χ1n) is 8.30. The third-order valence-electron chi connectivity index (χ3n) is 4.12. The summed E-state index contributed by atoms with van der Waals surface area (Å²) in [6, 6.07) is 7.53. The van der Waals surface area contributed by atoms with Gasteiger partial charge in [-0.2, -0.15) is 0 Å². The number of nitrogens with zero attached hydrogens (tertiary/aromatic N) is 1. The average Bonchev–Trinajstić information content (AvgIpc) is 2.89. The van der Waals surface area contributed by atoms with Crippen LogP contribution in [0.4, 0.5) is 0 Å². The van der Waals surface area contributed by atoms with Crippen molar-refractivity contribution >= 4 is 28.6 Å². The Kier molecular flexibility index (Phi) is 5.96. The summed E-state index contributed by atoms with van der Waals surface area (Å²) in [5, 5.41) is 0.823. The summed E-state index contributed by atoms with van der Waals surface area (Å²) in [5.74, 6) is -4.04. The number of aromatic nitrogens is 1. The Morgan fingerprint density at radius 3 is 2.12 bits per heavy atom. The molecule has 0 bridgehead atoms. The standard InChI is InChI=1S/C19H23NO5/c1-5-24-18(22)17(19(23)25-6-2)16(12(3)21)14-11-20(4)15-10-8-7-9-13(14)15/h7-11,16-17H,5-6H2,1-4H3/t16-/m0/s1. The Balaban J connectivity index is 2.61. The highest BCUT2D eigenvalue weighted by atomic mass is 16.6. The fourth-order valence-corrected chi connectivity index (χ4v) is 3.09. The van der Waals surface area contributed by atoms with Gasteiger partial charge >= 0.3 is 11.9 Å². The minimum atomic E-state index is -1.32. The molecule has 1 aromatic carbocycles. The number of Topliss-reactive ketones (excluding diaryl/α,β-unsaturated/α-hetero) is 1. The second-order valence-electron chi connectivity index (χ2n) is 5.78. The quantitative estimate of drug-likeness (QED) is 0.569. The lowest BCUT2D eigenvalue weighted by Gasteiger charge is -2.22. The van der Waals surface area contributed by atoms with Gasteiger partial charge in [0.15, 0.2) is 5.92 Å². The van der Waals surface area contributed by atoms with Gasteiger partial charge in [-0.1, -0.05) is 18.2 Å². The van der Waals surface area contributed by atoms with Crippen LogP contribution in [0.25, 0.3) is 10.9 Å². The number of hydrogen-bond acceptors (Lipinski definition) is 5. The Bertz CT molecular complexity index is 774. The van der Waals surface area contributed by atoms with Crippen LogP contribution < -0.4 is 0 Å². The molecular formula is C19H23NO5. The number of carbonyl (C=O) groups is 3. The highest BCUT2D eigenvalue weighted by Crippen LogP contribution is 2.34. The zero-order valence-electron chi connectivity index (χ0n) is 14.9. The summed E-state index contributed by atoms with van der Waals surface area (Å²) in [7, 11) is 1.85. The molecule has 0 radical (unpaired) electrons. The number of benzene rings is 1. The van der Waals surface area contributed by atoms with Crippen LogP contribution in [0, 0.1) is 5.92 Å². The minimum absolute atomic E-state index is 0.120. The Morgan fingerprint density at radius 1 is 1.04 bits per heavy atom. The lowest BCUT2D eigenvalue weighted by atomic mass is 9.83. The molecule has 0 fully saturated rings. The van der Waals surface area contributed by atoms with E-state index in [4.69, 9.17) is 9.47 Å². The van der Waals surface area contributed by atoms with E-state index in [1.165, 1.54) is 6.92 Å². The van der Waals surface area contributed by atoms with E-state index in [0.717, 1.165) is 10.9 Å². The molecule has 0 amide bonds. The lowest BCUT2D eigenvalue weighted by molar-refractivity contribution is -0.164. The van der Waals surface area contributed by atoms with Gasteiger partial charge in [-0.05, 0) is 32.4 Å². The van der Waals surface area contributed by atoms with Crippen LogP contribution in [0.5, 0.6) is 0 Å². The zero-order chi connectivity index (χ0) is 18.6. The molecule has 25 heavy (non-hydrogen) atoms. The van der Waals surface area contributed by atoms with E-state index in [1.807, 2.05) is 35.9 Å². The largest absolute Gasteiger partial charge is 0.465 e. The van der Waals surface area contributed by atoms with Crippen LogP contribution in [-0.2, 0) is 30.9 Å². The van der Waals surface area contributed by atoms with E-state index >= 15 is 0 Å². The summed E-state index contributed by atoms with van der Waals surface area (Å²) in [5.41, 5.74) is 1.53. The number of para-hydroxylation sites is 1. The summed E-state index contributed by atoms with van der Waals surface area (Å²) in [4.78, 5) is 37.3. The first-order chi connectivity index (χ1) is 11.9. The van der Waals surface area contributed by atoms with Crippen molar-refractivity contribution in [3.63, 3.8) is 0 Å². The molecule has 1 atom stereocenters. The molecule has 0 saturated heterocycles. The monoisotopic (exact) mass is 345 g/mol. The van der Waals surface area contributed by atoms with Crippen molar-refractivity contribution in [2.75, 3.05) is 13.2 Å². The van der Waals surface area contributed by atoms with E-state index in [0.29, 0.717) is 5.56 Å². The summed E-state index contributed by atoms with van der Waals surface area (Å²) < 4.78 is 12.0. The van der Waals surface area contributed by atoms with Crippen molar-refractivity contribution in [3.8, 4) is 0 Å². The van der Waals surface area contributed by atoms with E-state index < -0.39 is 23.8 Å². The van der Waals surface area contributed by atoms with Crippen molar-refractivity contribution in [1.29, 1.82) is 0 Å². The molecule has 0 aliphatic rings. The summed E-state index contributed by atoms with van der Waals surface area (Å²) in [6.07, 6.45) is 1.78. The Hall–Kier alpha value is -2.63. The van der Waals surface area contributed by atoms with E-state index in [2.05, 4.69) is 0 Å². The number of rotatable bonds is 7. The van der Waals surface area contributed by atoms with Gasteiger partial charge in [0.25, 0.3) is 0 Å². The maximum absolute atomic E-state index is 12.4. The summed E-state index contributed by atoms with van der Waals surface area (Å²) >= 11 is 0. The van der Waals surface area contributed by atoms with Crippen LogP contribution >= 0.6 is 0 Å². The zero-order valence-corrected chi connectivity index (χ0v) is 14.9. The van der Waals surface area contributed by atoms with Crippen molar-refractivity contribution < 1.29 is 23.9 Å².